The van der Waals surface area contributed by atoms with E-state index in [1.807, 2.05) is 0 Å². The quantitative estimate of drug-likeness (QED) is 0.632. The SMILES string of the molecule is CCC(C)CC(CC)(CN)NCCN(C)C. The third-order valence-corrected chi connectivity index (χ3v) is 3.56. The molecule has 3 heteroatoms. The van der Waals surface area contributed by atoms with Crippen molar-refractivity contribution in [3.05, 3.63) is 0 Å². The van der Waals surface area contributed by atoms with E-state index in [0.29, 0.717) is 0 Å². The molecule has 0 fully saturated rings. The lowest BCUT2D eigenvalue weighted by atomic mass is 9.84. The molecule has 0 bridgehead atoms. The second-order valence-corrected chi connectivity index (χ2v) is 5.29. The van der Waals surface area contributed by atoms with E-state index in [4.69, 9.17) is 5.73 Å². The Morgan fingerprint density at radius 1 is 1.31 bits per heavy atom. The highest BCUT2D eigenvalue weighted by atomic mass is 15.1. The van der Waals surface area contributed by atoms with E-state index in [1.165, 1.54) is 12.8 Å². The zero-order chi connectivity index (χ0) is 12.6. The van der Waals surface area contributed by atoms with Crippen molar-refractivity contribution in [2.75, 3.05) is 33.7 Å². The number of hydrogen-bond acceptors (Lipinski definition) is 3. The normalized spacial score (nSPS) is 17.4. The van der Waals surface area contributed by atoms with Gasteiger partial charge in [0.2, 0.25) is 0 Å². The van der Waals surface area contributed by atoms with Crippen LogP contribution >= 0.6 is 0 Å². The Balaban J connectivity index is 4.20. The van der Waals surface area contributed by atoms with Crippen LogP contribution in [0.2, 0.25) is 0 Å². The maximum atomic E-state index is 5.96. The van der Waals surface area contributed by atoms with Crippen molar-refractivity contribution in [3.8, 4) is 0 Å². The van der Waals surface area contributed by atoms with Gasteiger partial charge in [0.05, 0.1) is 0 Å². The number of hydrogen-bond donors (Lipinski definition) is 2. The van der Waals surface area contributed by atoms with Crippen LogP contribution in [0.25, 0.3) is 0 Å². The molecule has 0 aliphatic carbocycles. The van der Waals surface area contributed by atoms with Crippen LogP contribution in [0.3, 0.4) is 0 Å². The molecule has 0 aromatic carbocycles. The van der Waals surface area contributed by atoms with Gasteiger partial charge in [0.15, 0.2) is 0 Å². The maximum Gasteiger partial charge on any atom is 0.0304 e. The molecule has 0 amide bonds. The zero-order valence-electron chi connectivity index (χ0n) is 11.8. The van der Waals surface area contributed by atoms with Crippen molar-refractivity contribution in [1.29, 1.82) is 0 Å². The monoisotopic (exact) mass is 229 g/mol. The zero-order valence-corrected chi connectivity index (χ0v) is 11.8. The highest BCUT2D eigenvalue weighted by Gasteiger charge is 2.27. The van der Waals surface area contributed by atoms with Gasteiger partial charge >= 0.3 is 0 Å². The lowest BCUT2D eigenvalue weighted by molar-refractivity contribution is 0.244. The average molecular weight is 229 g/mol. The lowest BCUT2D eigenvalue weighted by Gasteiger charge is -2.35. The molecule has 0 spiro atoms. The molecule has 0 saturated heterocycles. The average Bonchev–Trinajstić information content (AvgIpc) is 2.27. The number of rotatable bonds is 9. The van der Waals surface area contributed by atoms with Crippen LogP contribution in [-0.4, -0.2) is 44.2 Å². The smallest absolute Gasteiger partial charge is 0.0304 e. The summed E-state index contributed by atoms with van der Waals surface area (Å²) in [5.74, 6) is 0.746. The van der Waals surface area contributed by atoms with Crippen molar-refractivity contribution in [2.45, 2.75) is 45.6 Å². The van der Waals surface area contributed by atoms with Gasteiger partial charge in [-0.2, -0.15) is 0 Å². The first kappa shape index (κ1) is 15.9. The summed E-state index contributed by atoms with van der Waals surface area (Å²) in [5.41, 5.74) is 6.11. The minimum Gasteiger partial charge on any atom is -0.329 e. The summed E-state index contributed by atoms with van der Waals surface area (Å²) in [4.78, 5) is 2.20. The molecule has 0 aliphatic heterocycles. The van der Waals surface area contributed by atoms with Crippen LogP contribution in [0.5, 0.6) is 0 Å². The minimum absolute atomic E-state index is 0.144. The van der Waals surface area contributed by atoms with Crippen LogP contribution in [0.15, 0.2) is 0 Å². The van der Waals surface area contributed by atoms with Gasteiger partial charge in [0, 0.05) is 25.2 Å². The van der Waals surface area contributed by atoms with E-state index in [9.17, 15) is 0 Å². The fourth-order valence-corrected chi connectivity index (χ4v) is 2.00. The van der Waals surface area contributed by atoms with Crippen molar-refractivity contribution in [1.82, 2.24) is 10.2 Å². The van der Waals surface area contributed by atoms with E-state index in [1.54, 1.807) is 0 Å². The van der Waals surface area contributed by atoms with Crippen molar-refractivity contribution < 1.29 is 0 Å². The molecule has 0 rings (SSSR count). The van der Waals surface area contributed by atoms with Crippen molar-refractivity contribution in [3.63, 3.8) is 0 Å². The summed E-state index contributed by atoms with van der Waals surface area (Å²) in [6, 6.07) is 0. The Bertz CT molecular complexity index is 165. The van der Waals surface area contributed by atoms with Crippen LogP contribution in [0.1, 0.15) is 40.0 Å². The molecule has 16 heavy (non-hydrogen) atoms. The molecule has 0 aliphatic rings. The molecule has 98 valence electrons. The Kier molecular flexibility index (Phi) is 7.98. The summed E-state index contributed by atoms with van der Waals surface area (Å²) < 4.78 is 0. The highest BCUT2D eigenvalue weighted by Crippen LogP contribution is 2.21. The van der Waals surface area contributed by atoms with Gasteiger partial charge in [0.1, 0.15) is 0 Å². The van der Waals surface area contributed by atoms with Gasteiger partial charge in [-0.25, -0.2) is 0 Å². The van der Waals surface area contributed by atoms with E-state index < -0.39 is 0 Å². The molecular weight excluding hydrogens is 198 g/mol. The first-order chi connectivity index (χ1) is 7.49. The Hall–Kier alpha value is -0.120. The molecule has 0 radical (unpaired) electrons. The van der Waals surface area contributed by atoms with Gasteiger partial charge in [0.25, 0.3) is 0 Å². The molecule has 3 nitrogen and oxygen atoms in total. The predicted molar refractivity (Wildman–Crippen MR) is 72.7 cm³/mol. The standard InChI is InChI=1S/C13H31N3/c1-6-12(3)10-13(7-2,11-14)15-8-9-16(4)5/h12,15H,6-11,14H2,1-5H3. The first-order valence-electron chi connectivity index (χ1n) is 6.59. The second-order valence-electron chi connectivity index (χ2n) is 5.29. The van der Waals surface area contributed by atoms with Gasteiger partial charge in [-0.15, -0.1) is 0 Å². The first-order valence-corrected chi connectivity index (χ1v) is 6.59. The molecule has 0 aromatic heterocycles. The Labute approximate surface area is 102 Å². The molecule has 3 N–H and O–H groups in total. The molecular formula is C13H31N3. The van der Waals surface area contributed by atoms with Gasteiger partial charge in [-0.3, -0.25) is 0 Å². The van der Waals surface area contributed by atoms with Gasteiger partial charge in [-0.05, 0) is 32.9 Å². The minimum atomic E-state index is 0.144. The number of nitrogens with two attached hydrogens (primary N) is 1. The molecule has 2 unspecified atom stereocenters. The maximum absolute atomic E-state index is 5.96. The number of nitrogens with zero attached hydrogens (tertiary/aromatic N) is 1. The van der Waals surface area contributed by atoms with Crippen LogP contribution in [0, 0.1) is 5.92 Å². The lowest BCUT2D eigenvalue weighted by Crippen LogP contribution is -2.53. The summed E-state index contributed by atoms with van der Waals surface area (Å²) >= 11 is 0. The summed E-state index contributed by atoms with van der Waals surface area (Å²) in [7, 11) is 4.21. The fraction of sp³-hybridized carbons (Fsp3) is 1.00. The van der Waals surface area contributed by atoms with Crippen molar-refractivity contribution in [2.24, 2.45) is 11.7 Å². The van der Waals surface area contributed by atoms with Crippen LogP contribution in [0.4, 0.5) is 0 Å². The van der Waals surface area contributed by atoms with Crippen LogP contribution in [-0.2, 0) is 0 Å². The predicted octanol–water partition coefficient (Wildman–Crippen LogP) is 1.68. The summed E-state index contributed by atoms with van der Waals surface area (Å²) in [6.45, 7) is 9.63. The Morgan fingerprint density at radius 2 is 1.94 bits per heavy atom. The van der Waals surface area contributed by atoms with E-state index >= 15 is 0 Å². The summed E-state index contributed by atoms with van der Waals surface area (Å²) in [6.07, 6.45) is 3.53. The molecule has 0 aromatic rings. The number of nitrogens with one attached hydrogen (secondary N) is 1. The van der Waals surface area contributed by atoms with Gasteiger partial charge in [-0.1, -0.05) is 27.2 Å². The van der Waals surface area contributed by atoms with E-state index in [0.717, 1.165) is 32.0 Å². The molecule has 0 heterocycles. The number of likely N-dealkylation sites (N-methyl/N-ethyl adjacent to an activating group) is 1. The van der Waals surface area contributed by atoms with Crippen LogP contribution < -0.4 is 11.1 Å². The van der Waals surface area contributed by atoms with E-state index in [-0.39, 0.29) is 5.54 Å². The van der Waals surface area contributed by atoms with Crippen molar-refractivity contribution >= 4 is 0 Å². The third kappa shape index (κ3) is 5.83. The topological polar surface area (TPSA) is 41.3 Å². The Morgan fingerprint density at radius 3 is 2.31 bits per heavy atom. The third-order valence-electron chi connectivity index (χ3n) is 3.56. The largest absolute Gasteiger partial charge is 0.329 e. The second kappa shape index (κ2) is 8.04. The molecule has 0 saturated carbocycles. The fourth-order valence-electron chi connectivity index (χ4n) is 2.00. The van der Waals surface area contributed by atoms with Gasteiger partial charge < -0.3 is 16.0 Å². The van der Waals surface area contributed by atoms with E-state index in [2.05, 4.69) is 45.1 Å². The summed E-state index contributed by atoms with van der Waals surface area (Å²) in [5, 5.41) is 3.66. The molecule has 2 atom stereocenters. The highest BCUT2D eigenvalue weighted by molar-refractivity contribution is 4.89.